The molecular formula is C11H12ClN3OZn. The van der Waals surface area contributed by atoms with Crippen LogP contribution in [0.2, 0.25) is 0 Å². The van der Waals surface area contributed by atoms with Crippen molar-refractivity contribution >= 4 is 9.69 Å². The molecule has 0 amide bonds. The third kappa shape index (κ3) is 4.94. The Morgan fingerprint density at radius 2 is 2.00 bits per heavy atom. The van der Waals surface area contributed by atoms with Crippen molar-refractivity contribution in [3.8, 4) is 0 Å². The van der Waals surface area contributed by atoms with Crippen LogP contribution in [0.1, 0.15) is 11.3 Å². The van der Waals surface area contributed by atoms with Gasteiger partial charge in [-0.2, -0.15) is 0 Å². The molecular weight excluding hydrogens is 291 g/mol. The van der Waals surface area contributed by atoms with Crippen molar-refractivity contribution in [3.63, 3.8) is 0 Å². The average Bonchev–Trinajstić information content (AvgIpc) is 2.79. The van der Waals surface area contributed by atoms with Crippen molar-refractivity contribution in [3.05, 3.63) is 47.8 Å². The molecule has 6 heteroatoms. The predicted molar refractivity (Wildman–Crippen MR) is 60.6 cm³/mol. The van der Waals surface area contributed by atoms with Gasteiger partial charge in [-0.05, 0) is 5.56 Å². The molecule has 0 bridgehead atoms. The monoisotopic (exact) mass is 301 g/mol. The van der Waals surface area contributed by atoms with Crippen molar-refractivity contribution < 1.29 is 22.0 Å². The zero-order chi connectivity index (χ0) is 12.5. The van der Waals surface area contributed by atoms with Crippen molar-refractivity contribution in [2.24, 2.45) is 7.05 Å². The van der Waals surface area contributed by atoms with E-state index < -0.39 is 0 Å². The predicted octanol–water partition coefficient (Wildman–Crippen LogP) is 2.02. The van der Waals surface area contributed by atoms with E-state index in [1.54, 1.807) is 4.68 Å². The Morgan fingerprint density at radius 3 is 2.59 bits per heavy atom. The Morgan fingerprint density at radius 1 is 1.29 bits per heavy atom. The van der Waals surface area contributed by atoms with Crippen molar-refractivity contribution in [2.75, 3.05) is 0 Å². The van der Waals surface area contributed by atoms with Crippen molar-refractivity contribution in [2.45, 2.75) is 13.2 Å². The molecule has 0 aliphatic rings. The van der Waals surface area contributed by atoms with Gasteiger partial charge in [0, 0.05) is 7.05 Å². The number of rotatable bonds is 4. The molecule has 0 saturated carbocycles. The number of benzene rings is 1. The second-order valence-corrected chi connectivity index (χ2v) is 3.25. The Kier molecular flexibility index (Phi) is 7.02. The van der Waals surface area contributed by atoms with Gasteiger partial charge in [0.1, 0.15) is 0 Å². The fourth-order valence-corrected chi connectivity index (χ4v) is 1.24. The molecule has 0 fully saturated rings. The SMILES string of the molecule is Cn1nn[c-]c1COCc1ccccc1.[Cl][Zn+]. The number of hydrogen-bond acceptors (Lipinski definition) is 3. The normalized spacial score (nSPS) is 9.65. The summed E-state index contributed by atoms with van der Waals surface area (Å²) in [4.78, 5) is 0. The van der Waals surface area contributed by atoms with E-state index in [2.05, 4.69) is 16.5 Å². The van der Waals surface area contributed by atoms with E-state index in [0.717, 1.165) is 28.6 Å². The van der Waals surface area contributed by atoms with Crippen LogP contribution in [0.5, 0.6) is 0 Å². The number of aryl methyl sites for hydroxylation is 1. The minimum absolute atomic E-state index is 0.485. The number of ether oxygens (including phenoxy) is 1. The molecule has 1 aromatic heterocycles. The summed E-state index contributed by atoms with van der Waals surface area (Å²) in [5, 5.41) is 7.43. The maximum atomic E-state index is 5.51. The molecule has 0 spiro atoms. The number of nitrogens with zero attached hydrogens (tertiary/aromatic N) is 3. The summed E-state index contributed by atoms with van der Waals surface area (Å²) in [5.41, 5.74) is 2.01. The zero-order valence-corrected chi connectivity index (χ0v) is 13.4. The van der Waals surface area contributed by atoms with Crippen LogP contribution in [-0.2, 0) is 42.3 Å². The second kappa shape index (κ2) is 8.34. The van der Waals surface area contributed by atoms with E-state index >= 15 is 0 Å². The van der Waals surface area contributed by atoms with Crippen LogP contribution in [-0.4, -0.2) is 15.0 Å². The number of hydrogen-bond donors (Lipinski definition) is 0. The Balaban J connectivity index is 0.000000686. The maximum absolute atomic E-state index is 5.51. The molecule has 0 N–H and O–H groups in total. The molecule has 2 aromatic rings. The van der Waals surface area contributed by atoms with Gasteiger partial charge in [0.25, 0.3) is 0 Å². The Bertz CT molecular complexity index is 422. The summed E-state index contributed by atoms with van der Waals surface area (Å²) in [7, 11) is 6.59. The van der Waals surface area contributed by atoms with E-state index in [1.807, 2.05) is 37.4 Å². The van der Waals surface area contributed by atoms with E-state index in [4.69, 9.17) is 14.4 Å². The molecule has 86 valence electrons. The standard InChI is InChI=1S/C11H12N3O.ClH.Zn/c1-14-11(7-12-13-14)9-15-8-10-5-3-2-4-6-10;;/h2-6H,8-9H2,1H3;1H;/q-1;;+2/p-1. The van der Waals surface area contributed by atoms with Crippen LogP contribution in [0, 0.1) is 6.20 Å². The van der Waals surface area contributed by atoms with Crippen LogP contribution in [0.15, 0.2) is 30.3 Å². The van der Waals surface area contributed by atoms with Crippen LogP contribution in [0.3, 0.4) is 0 Å². The molecule has 17 heavy (non-hydrogen) atoms. The summed E-state index contributed by atoms with van der Waals surface area (Å²) < 4.78 is 7.17. The van der Waals surface area contributed by atoms with E-state index in [9.17, 15) is 0 Å². The quantitative estimate of drug-likeness (QED) is 0.641. The molecule has 0 saturated heterocycles. The zero-order valence-electron chi connectivity index (χ0n) is 9.64. The fraction of sp³-hybridized carbons (Fsp3) is 0.273. The topological polar surface area (TPSA) is 39.9 Å². The third-order valence-corrected chi connectivity index (χ3v) is 2.10. The van der Waals surface area contributed by atoms with E-state index in [0.29, 0.717) is 13.2 Å². The third-order valence-electron chi connectivity index (χ3n) is 2.10. The summed E-state index contributed by atoms with van der Waals surface area (Å²) in [6.07, 6.45) is 2.77. The average molecular weight is 303 g/mol. The first-order chi connectivity index (χ1) is 8.36. The van der Waals surface area contributed by atoms with Gasteiger partial charge in [0.05, 0.1) is 13.2 Å². The molecule has 0 radical (unpaired) electrons. The first-order valence-corrected chi connectivity index (χ1v) is 8.91. The summed E-state index contributed by atoms with van der Waals surface area (Å²) in [6, 6.07) is 10.0. The Labute approximate surface area is 115 Å². The van der Waals surface area contributed by atoms with Gasteiger partial charge in [-0.15, -0.1) is 5.21 Å². The molecule has 1 heterocycles. The molecule has 2 rings (SSSR count). The van der Waals surface area contributed by atoms with Crippen molar-refractivity contribution in [1.29, 1.82) is 0 Å². The van der Waals surface area contributed by atoms with Gasteiger partial charge in [-0.1, -0.05) is 36.0 Å². The molecule has 1 aromatic carbocycles. The van der Waals surface area contributed by atoms with Gasteiger partial charge in [0.2, 0.25) is 0 Å². The Hall–Kier alpha value is -0.767. The number of halogens is 1. The first kappa shape index (κ1) is 14.3. The van der Waals surface area contributed by atoms with Gasteiger partial charge in [-0.3, -0.25) is 4.68 Å². The van der Waals surface area contributed by atoms with Crippen LogP contribution >= 0.6 is 9.69 Å². The molecule has 0 atom stereocenters. The first-order valence-electron chi connectivity index (χ1n) is 5.01. The number of aromatic nitrogens is 3. The summed E-state index contributed by atoms with van der Waals surface area (Å²) >= 11 is 0.847. The summed E-state index contributed by atoms with van der Waals surface area (Å²) in [5.74, 6) is 0. The van der Waals surface area contributed by atoms with E-state index in [-0.39, 0.29) is 0 Å². The minimum atomic E-state index is 0.485. The van der Waals surface area contributed by atoms with Crippen LogP contribution < -0.4 is 0 Å². The van der Waals surface area contributed by atoms with Gasteiger partial charge in [-0.25, -0.2) is 0 Å². The van der Waals surface area contributed by atoms with Gasteiger partial charge < -0.3 is 16.0 Å². The van der Waals surface area contributed by atoms with Crippen LogP contribution in [0.25, 0.3) is 0 Å². The summed E-state index contributed by atoms with van der Waals surface area (Å²) in [6.45, 7) is 1.08. The second-order valence-electron chi connectivity index (χ2n) is 3.25. The fourth-order valence-electron chi connectivity index (χ4n) is 1.24. The van der Waals surface area contributed by atoms with Crippen LogP contribution in [0.4, 0.5) is 0 Å². The van der Waals surface area contributed by atoms with Crippen molar-refractivity contribution in [1.82, 2.24) is 15.0 Å². The molecule has 0 unspecified atom stereocenters. The molecule has 4 nitrogen and oxygen atoms in total. The van der Waals surface area contributed by atoms with E-state index in [1.165, 1.54) is 0 Å². The van der Waals surface area contributed by atoms with Gasteiger partial charge in [0.15, 0.2) is 0 Å². The van der Waals surface area contributed by atoms with Gasteiger partial charge >= 0.3 is 27.0 Å². The molecule has 0 aliphatic heterocycles. The molecule has 0 aliphatic carbocycles.